The molecule has 1 aliphatic heterocycles. The highest BCUT2D eigenvalue weighted by atomic mass is 16.4. The second kappa shape index (κ2) is 7.76. The van der Waals surface area contributed by atoms with Gasteiger partial charge in [-0.2, -0.15) is 0 Å². The topological polar surface area (TPSA) is 86.7 Å². The van der Waals surface area contributed by atoms with Crippen LogP contribution in [0, 0.1) is 5.92 Å². The zero-order valence-corrected chi connectivity index (χ0v) is 13.2. The van der Waals surface area contributed by atoms with Gasteiger partial charge in [-0.15, -0.1) is 0 Å². The lowest BCUT2D eigenvalue weighted by atomic mass is 9.96. The van der Waals surface area contributed by atoms with Crippen LogP contribution >= 0.6 is 0 Å². The first-order valence-electron chi connectivity index (χ1n) is 7.89. The van der Waals surface area contributed by atoms with Gasteiger partial charge in [0.25, 0.3) is 0 Å². The first-order chi connectivity index (χ1) is 11.0. The number of hydrogen-bond donors (Lipinski definition) is 2. The molecule has 1 heterocycles. The summed E-state index contributed by atoms with van der Waals surface area (Å²) in [6.07, 6.45) is 1.69. The Kier molecular flexibility index (Phi) is 5.73. The molecule has 0 bridgehead atoms. The Bertz CT molecular complexity index is 583. The second-order valence-electron chi connectivity index (χ2n) is 5.71. The Balaban J connectivity index is 1.78. The maximum Gasteiger partial charge on any atom is 0.335 e. The van der Waals surface area contributed by atoms with Crippen molar-refractivity contribution in [2.75, 3.05) is 19.6 Å². The minimum Gasteiger partial charge on any atom is -0.478 e. The van der Waals surface area contributed by atoms with E-state index in [1.807, 2.05) is 6.92 Å². The fraction of sp³-hybridized carbons (Fsp3) is 0.471. The Hall–Kier alpha value is -2.37. The summed E-state index contributed by atoms with van der Waals surface area (Å²) in [5.74, 6) is -0.979. The standard InChI is InChI=1S/C17H22N2O4/c1-2-19-11-14(7-8-15(19)20)16(21)18-10-9-12-3-5-13(6-4-12)17(22)23/h3-6,14H,2,7-11H2,1H3,(H,18,21)(H,22,23)/t14-/m0/s1. The van der Waals surface area contributed by atoms with E-state index in [4.69, 9.17) is 5.11 Å². The quantitative estimate of drug-likeness (QED) is 0.828. The first-order valence-corrected chi connectivity index (χ1v) is 7.89. The number of carbonyl (C=O) groups is 3. The van der Waals surface area contributed by atoms with Gasteiger partial charge >= 0.3 is 5.97 Å². The van der Waals surface area contributed by atoms with Crippen LogP contribution < -0.4 is 5.32 Å². The number of piperidine rings is 1. The zero-order chi connectivity index (χ0) is 16.8. The minimum absolute atomic E-state index is 0.0156. The van der Waals surface area contributed by atoms with Gasteiger partial charge in [0.2, 0.25) is 11.8 Å². The highest BCUT2D eigenvalue weighted by Crippen LogP contribution is 2.17. The van der Waals surface area contributed by atoms with Crippen molar-refractivity contribution in [1.82, 2.24) is 10.2 Å². The number of benzene rings is 1. The number of amides is 2. The highest BCUT2D eigenvalue weighted by Gasteiger charge is 2.28. The second-order valence-corrected chi connectivity index (χ2v) is 5.71. The van der Waals surface area contributed by atoms with E-state index in [1.54, 1.807) is 29.2 Å². The predicted octanol–water partition coefficient (Wildman–Crippen LogP) is 1.30. The predicted molar refractivity (Wildman–Crippen MR) is 85.1 cm³/mol. The van der Waals surface area contributed by atoms with Crippen molar-refractivity contribution in [3.05, 3.63) is 35.4 Å². The summed E-state index contributed by atoms with van der Waals surface area (Å²) in [7, 11) is 0. The van der Waals surface area contributed by atoms with Crippen molar-refractivity contribution in [2.45, 2.75) is 26.2 Å². The summed E-state index contributed by atoms with van der Waals surface area (Å²) in [5, 5.41) is 11.7. The van der Waals surface area contributed by atoms with Gasteiger partial charge in [0.05, 0.1) is 11.5 Å². The molecular formula is C17H22N2O4. The number of hydrogen-bond acceptors (Lipinski definition) is 3. The van der Waals surface area contributed by atoms with Crippen molar-refractivity contribution < 1.29 is 19.5 Å². The van der Waals surface area contributed by atoms with Crippen LogP contribution in [0.2, 0.25) is 0 Å². The molecule has 1 fully saturated rings. The summed E-state index contributed by atoms with van der Waals surface area (Å²) < 4.78 is 0. The van der Waals surface area contributed by atoms with Gasteiger partial charge in [-0.3, -0.25) is 9.59 Å². The molecule has 0 spiro atoms. The third kappa shape index (κ3) is 4.55. The van der Waals surface area contributed by atoms with Crippen LogP contribution in [0.1, 0.15) is 35.7 Å². The Morgan fingerprint density at radius 3 is 2.61 bits per heavy atom. The van der Waals surface area contributed by atoms with Gasteiger partial charge in [0.1, 0.15) is 0 Å². The largest absolute Gasteiger partial charge is 0.478 e. The van der Waals surface area contributed by atoms with Gasteiger partial charge in [0, 0.05) is 26.1 Å². The molecule has 0 saturated carbocycles. The number of carboxylic acids is 1. The van der Waals surface area contributed by atoms with Crippen LogP contribution in [0.4, 0.5) is 0 Å². The van der Waals surface area contributed by atoms with E-state index in [-0.39, 0.29) is 23.3 Å². The molecule has 23 heavy (non-hydrogen) atoms. The molecule has 6 nitrogen and oxygen atoms in total. The molecular weight excluding hydrogens is 296 g/mol. The molecule has 1 aromatic carbocycles. The van der Waals surface area contributed by atoms with E-state index >= 15 is 0 Å². The van der Waals surface area contributed by atoms with Crippen LogP contribution in [0.3, 0.4) is 0 Å². The highest BCUT2D eigenvalue weighted by molar-refractivity contribution is 5.87. The lowest BCUT2D eigenvalue weighted by Gasteiger charge is -2.31. The molecule has 2 rings (SSSR count). The van der Waals surface area contributed by atoms with E-state index in [0.717, 1.165) is 5.56 Å². The molecule has 1 aromatic rings. The molecule has 1 aliphatic rings. The van der Waals surface area contributed by atoms with Crippen molar-refractivity contribution in [3.8, 4) is 0 Å². The number of carbonyl (C=O) groups excluding carboxylic acids is 2. The number of rotatable bonds is 6. The van der Waals surface area contributed by atoms with Crippen LogP contribution in [0.15, 0.2) is 24.3 Å². The van der Waals surface area contributed by atoms with E-state index in [9.17, 15) is 14.4 Å². The van der Waals surface area contributed by atoms with Crippen LogP contribution in [-0.2, 0) is 16.0 Å². The zero-order valence-electron chi connectivity index (χ0n) is 13.2. The van der Waals surface area contributed by atoms with Crippen LogP contribution in [-0.4, -0.2) is 47.4 Å². The maximum atomic E-state index is 12.2. The molecule has 0 unspecified atom stereocenters. The molecule has 0 radical (unpaired) electrons. The lowest BCUT2D eigenvalue weighted by Crippen LogP contribution is -2.45. The minimum atomic E-state index is -0.947. The number of carboxylic acid groups (broad SMARTS) is 1. The molecule has 0 aliphatic carbocycles. The summed E-state index contributed by atoms with van der Waals surface area (Å²) >= 11 is 0. The van der Waals surface area contributed by atoms with Gasteiger partial charge in [0.15, 0.2) is 0 Å². The van der Waals surface area contributed by atoms with Crippen molar-refractivity contribution in [3.63, 3.8) is 0 Å². The summed E-state index contributed by atoms with van der Waals surface area (Å²) in [6, 6.07) is 6.64. The number of nitrogens with zero attached hydrogens (tertiary/aromatic N) is 1. The number of likely N-dealkylation sites (tertiary alicyclic amines) is 1. The van der Waals surface area contributed by atoms with Crippen molar-refractivity contribution in [1.29, 1.82) is 0 Å². The normalized spacial score (nSPS) is 17.9. The van der Waals surface area contributed by atoms with Crippen LogP contribution in [0.5, 0.6) is 0 Å². The molecule has 124 valence electrons. The molecule has 1 atom stereocenters. The fourth-order valence-electron chi connectivity index (χ4n) is 2.72. The van der Waals surface area contributed by atoms with E-state index in [2.05, 4.69) is 5.32 Å². The average Bonchev–Trinajstić information content (AvgIpc) is 2.55. The Morgan fingerprint density at radius 2 is 2.00 bits per heavy atom. The average molecular weight is 318 g/mol. The first kappa shape index (κ1) is 17.0. The third-order valence-electron chi connectivity index (χ3n) is 4.17. The molecule has 1 saturated heterocycles. The summed E-state index contributed by atoms with van der Waals surface area (Å²) in [4.78, 5) is 36.3. The molecule has 2 amide bonds. The fourth-order valence-corrected chi connectivity index (χ4v) is 2.72. The number of nitrogens with one attached hydrogen (secondary N) is 1. The van der Waals surface area contributed by atoms with E-state index in [1.165, 1.54) is 0 Å². The lowest BCUT2D eigenvalue weighted by molar-refractivity contribution is -0.138. The van der Waals surface area contributed by atoms with Gasteiger partial charge in [-0.1, -0.05) is 12.1 Å². The van der Waals surface area contributed by atoms with Crippen LogP contribution in [0.25, 0.3) is 0 Å². The van der Waals surface area contributed by atoms with Gasteiger partial charge in [-0.25, -0.2) is 4.79 Å². The monoisotopic (exact) mass is 318 g/mol. The SMILES string of the molecule is CCN1C[C@@H](C(=O)NCCc2ccc(C(=O)O)cc2)CCC1=O. The summed E-state index contributed by atoms with van der Waals surface area (Å²) in [5.41, 5.74) is 1.23. The maximum absolute atomic E-state index is 12.2. The molecule has 2 N–H and O–H groups in total. The van der Waals surface area contributed by atoms with Crippen molar-refractivity contribution >= 4 is 17.8 Å². The van der Waals surface area contributed by atoms with E-state index < -0.39 is 5.97 Å². The third-order valence-corrected chi connectivity index (χ3v) is 4.17. The smallest absolute Gasteiger partial charge is 0.335 e. The Labute approximate surface area is 135 Å². The number of aromatic carboxylic acids is 1. The Morgan fingerprint density at radius 1 is 1.30 bits per heavy atom. The van der Waals surface area contributed by atoms with Gasteiger partial charge < -0.3 is 15.3 Å². The summed E-state index contributed by atoms with van der Waals surface area (Å²) in [6.45, 7) is 3.55. The van der Waals surface area contributed by atoms with Crippen molar-refractivity contribution in [2.24, 2.45) is 5.92 Å². The molecule has 0 aromatic heterocycles. The van der Waals surface area contributed by atoms with E-state index in [0.29, 0.717) is 38.9 Å². The molecule has 6 heteroatoms. The van der Waals surface area contributed by atoms with Gasteiger partial charge in [-0.05, 0) is 37.5 Å².